The summed E-state index contributed by atoms with van der Waals surface area (Å²) in [5, 5.41) is 3.29. The number of carbonyl (C=O) groups excluding carboxylic acids is 1. The minimum atomic E-state index is -0.262. The van der Waals surface area contributed by atoms with Gasteiger partial charge in [0.15, 0.2) is 0 Å². The molecule has 1 aromatic rings. The first kappa shape index (κ1) is 16.3. The number of rotatable bonds is 2. The number of piperidine rings is 1. The van der Waals surface area contributed by atoms with Gasteiger partial charge in [0, 0.05) is 18.5 Å². The molecule has 126 valence electrons. The molecular weight excluding hydrogens is 288 g/mol. The lowest BCUT2D eigenvalue weighted by Gasteiger charge is -2.39. The Kier molecular flexibility index (Phi) is 4.37. The van der Waals surface area contributed by atoms with E-state index in [0.29, 0.717) is 0 Å². The van der Waals surface area contributed by atoms with Gasteiger partial charge in [-0.3, -0.25) is 4.79 Å². The molecule has 0 radical (unpaired) electrons. The van der Waals surface area contributed by atoms with Crippen LogP contribution in [-0.4, -0.2) is 36.5 Å². The van der Waals surface area contributed by atoms with E-state index in [0.717, 1.165) is 43.7 Å². The summed E-state index contributed by atoms with van der Waals surface area (Å²) >= 11 is 0. The first-order chi connectivity index (χ1) is 10.8. The number of fused-ring (bicyclic) bond motifs is 1. The lowest BCUT2D eigenvalue weighted by molar-refractivity contribution is -0.127. The topological polar surface area (TPSA) is 41.6 Å². The predicted molar refractivity (Wildman–Crippen MR) is 91.6 cm³/mol. The van der Waals surface area contributed by atoms with Crippen molar-refractivity contribution in [2.75, 3.05) is 20.1 Å². The normalized spacial score (nSPS) is 27.0. The van der Waals surface area contributed by atoms with Crippen molar-refractivity contribution in [3.05, 3.63) is 29.3 Å². The maximum Gasteiger partial charge on any atom is 0.224 e. The van der Waals surface area contributed by atoms with Crippen LogP contribution in [0.15, 0.2) is 18.2 Å². The third-order valence-electron chi connectivity index (χ3n) is 4.94. The number of aryl methyl sites for hydroxylation is 1. The molecule has 4 nitrogen and oxygen atoms in total. The van der Waals surface area contributed by atoms with Gasteiger partial charge in [-0.2, -0.15) is 0 Å². The lowest BCUT2D eigenvalue weighted by atomic mass is 9.88. The molecule has 0 aromatic heterocycles. The van der Waals surface area contributed by atoms with Crippen molar-refractivity contribution in [2.24, 2.45) is 5.92 Å². The predicted octanol–water partition coefficient (Wildman–Crippen LogP) is 3.06. The van der Waals surface area contributed by atoms with Gasteiger partial charge in [0.1, 0.15) is 11.4 Å². The fourth-order valence-electron chi connectivity index (χ4n) is 3.76. The molecule has 0 spiro atoms. The second-order valence-corrected chi connectivity index (χ2v) is 7.77. The highest BCUT2D eigenvalue weighted by Crippen LogP contribution is 2.40. The number of ether oxygens (including phenoxy) is 1. The third kappa shape index (κ3) is 3.69. The van der Waals surface area contributed by atoms with E-state index in [9.17, 15) is 4.79 Å². The summed E-state index contributed by atoms with van der Waals surface area (Å²) in [6.45, 7) is 8.20. The number of likely N-dealkylation sites (tertiary alicyclic amines) is 1. The Morgan fingerprint density at radius 1 is 1.39 bits per heavy atom. The molecule has 2 aliphatic heterocycles. The quantitative estimate of drug-likeness (QED) is 0.912. The zero-order chi connectivity index (χ0) is 16.6. The van der Waals surface area contributed by atoms with Gasteiger partial charge in [-0.05, 0) is 58.8 Å². The molecule has 2 atom stereocenters. The van der Waals surface area contributed by atoms with Crippen molar-refractivity contribution in [3.8, 4) is 5.75 Å². The molecule has 1 fully saturated rings. The van der Waals surface area contributed by atoms with Gasteiger partial charge >= 0.3 is 0 Å². The van der Waals surface area contributed by atoms with Crippen LogP contribution < -0.4 is 10.1 Å². The van der Waals surface area contributed by atoms with Crippen LogP contribution in [0.25, 0.3) is 0 Å². The van der Waals surface area contributed by atoms with Gasteiger partial charge in [0.2, 0.25) is 5.91 Å². The van der Waals surface area contributed by atoms with E-state index in [4.69, 9.17) is 4.74 Å². The Balaban J connectivity index is 1.78. The molecule has 23 heavy (non-hydrogen) atoms. The van der Waals surface area contributed by atoms with E-state index in [1.165, 1.54) is 5.56 Å². The number of hydrogen-bond acceptors (Lipinski definition) is 3. The molecule has 2 aliphatic rings. The average molecular weight is 316 g/mol. The van der Waals surface area contributed by atoms with Crippen molar-refractivity contribution in [3.63, 3.8) is 0 Å². The second-order valence-electron chi connectivity index (χ2n) is 7.77. The summed E-state index contributed by atoms with van der Waals surface area (Å²) < 4.78 is 6.11. The fourth-order valence-corrected chi connectivity index (χ4v) is 3.76. The van der Waals surface area contributed by atoms with E-state index in [1.54, 1.807) is 0 Å². The number of nitrogens with one attached hydrogen (secondary N) is 1. The molecule has 1 N–H and O–H groups in total. The van der Waals surface area contributed by atoms with Crippen LogP contribution >= 0.6 is 0 Å². The largest absolute Gasteiger partial charge is 0.487 e. The van der Waals surface area contributed by atoms with Crippen LogP contribution in [0.2, 0.25) is 0 Å². The smallest absolute Gasteiger partial charge is 0.224 e. The maximum atomic E-state index is 12.7. The Hall–Kier alpha value is -1.55. The Labute approximate surface area is 139 Å². The van der Waals surface area contributed by atoms with Crippen molar-refractivity contribution >= 4 is 5.91 Å². The van der Waals surface area contributed by atoms with Crippen LogP contribution in [0.1, 0.15) is 50.3 Å². The van der Waals surface area contributed by atoms with Gasteiger partial charge in [-0.15, -0.1) is 0 Å². The van der Waals surface area contributed by atoms with Gasteiger partial charge in [-0.25, -0.2) is 0 Å². The number of benzene rings is 1. The van der Waals surface area contributed by atoms with Gasteiger partial charge in [0.25, 0.3) is 0 Å². The highest BCUT2D eigenvalue weighted by molar-refractivity contribution is 5.79. The molecule has 0 unspecified atom stereocenters. The lowest BCUT2D eigenvalue weighted by Crippen LogP contribution is -2.46. The Bertz CT molecular complexity index is 597. The summed E-state index contributed by atoms with van der Waals surface area (Å²) in [6.07, 6.45) is 2.89. The van der Waals surface area contributed by atoms with E-state index >= 15 is 0 Å². The van der Waals surface area contributed by atoms with Crippen molar-refractivity contribution in [2.45, 2.75) is 51.7 Å². The van der Waals surface area contributed by atoms with Crippen molar-refractivity contribution < 1.29 is 9.53 Å². The van der Waals surface area contributed by atoms with E-state index in [1.807, 2.05) is 0 Å². The highest BCUT2D eigenvalue weighted by atomic mass is 16.5. The Morgan fingerprint density at radius 3 is 2.91 bits per heavy atom. The van der Waals surface area contributed by atoms with Gasteiger partial charge < -0.3 is 15.0 Å². The molecule has 4 heteroatoms. The van der Waals surface area contributed by atoms with E-state index in [2.05, 4.69) is 56.2 Å². The Morgan fingerprint density at radius 2 is 2.17 bits per heavy atom. The van der Waals surface area contributed by atoms with Gasteiger partial charge in [0.05, 0.1) is 12.0 Å². The molecule has 0 bridgehead atoms. The summed E-state index contributed by atoms with van der Waals surface area (Å²) in [7, 11) is 2.09. The number of hydrogen-bond donors (Lipinski definition) is 1. The minimum absolute atomic E-state index is 0.0362. The van der Waals surface area contributed by atoms with Crippen molar-refractivity contribution in [1.82, 2.24) is 10.2 Å². The van der Waals surface area contributed by atoms with E-state index in [-0.39, 0.29) is 23.5 Å². The molecule has 3 rings (SSSR count). The van der Waals surface area contributed by atoms with Crippen molar-refractivity contribution in [1.29, 1.82) is 0 Å². The summed E-state index contributed by atoms with van der Waals surface area (Å²) in [6, 6.07) is 6.30. The molecule has 1 amide bonds. The van der Waals surface area contributed by atoms with Gasteiger partial charge in [-0.1, -0.05) is 12.1 Å². The standard InChI is InChI=1S/C19H28N2O2/c1-13-7-8-15-16(11-19(2,3)23-17(15)10-13)20-18(22)14-6-5-9-21(4)12-14/h7-8,10,14,16H,5-6,9,11-12H2,1-4H3,(H,20,22)/t14-,16+/m0/s1. The average Bonchev–Trinajstić information content (AvgIpc) is 2.45. The molecule has 0 aliphatic carbocycles. The van der Waals surface area contributed by atoms with Crippen LogP contribution in [0, 0.1) is 12.8 Å². The summed E-state index contributed by atoms with van der Waals surface area (Å²) in [4.78, 5) is 15.0. The van der Waals surface area contributed by atoms with Crippen LogP contribution in [0.4, 0.5) is 0 Å². The third-order valence-corrected chi connectivity index (χ3v) is 4.94. The molecule has 1 aromatic carbocycles. The maximum absolute atomic E-state index is 12.7. The number of amides is 1. The summed E-state index contributed by atoms with van der Waals surface area (Å²) in [5.41, 5.74) is 2.02. The molecule has 0 saturated carbocycles. The zero-order valence-corrected chi connectivity index (χ0v) is 14.7. The van der Waals surface area contributed by atoms with Crippen LogP contribution in [0.5, 0.6) is 5.75 Å². The minimum Gasteiger partial charge on any atom is -0.487 e. The fraction of sp³-hybridized carbons (Fsp3) is 0.632. The van der Waals surface area contributed by atoms with Crippen LogP contribution in [-0.2, 0) is 4.79 Å². The second kappa shape index (κ2) is 6.16. The van der Waals surface area contributed by atoms with E-state index < -0.39 is 0 Å². The highest BCUT2D eigenvalue weighted by Gasteiger charge is 2.36. The molecule has 2 heterocycles. The van der Waals surface area contributed by atoms with Crippen LogP contribution in [0.3, 0.4) is 0 Å². The number of nitrogens with zero attached hydrogens (tertiary/aromatic N) is 1. The monoisotopic (exact) mass is 316 g/mol. The first-order valence-electron chi connectivity index (χ1n) is 8.62. The molecular formula is C19H28N2O2. The number of carbonyl (C=O) groups is 1. The first-order valence-corrected chi connectivity index (χ1v) is 8.62. The SMILES string of the molecule is Cc1ccc2c(c1)OC(C)(C)C[C@H]2NC(=O)[C@H]1CCCN(C)C1. The zero-order valence-electron chi connectivity index (χ0n) is 14.7. The summed E-state index contributed by atoms with van der Waals surface area (Å²) in [5.74, 6) is 1.20. The molecule has 1 saturated heterocycles.